The molecule has 0 saturated heterocycles. The van der Waals surface area contributed by atoms with Gasteiger partial charge in [0.2, 0.25) is 6.54 Å². The molecule has 0 aromatic heterocycles. The van der Waals surface area contributed by atoms with Crippen LogP contribution in [0.25, 0.3) is 4.85 Å². The van der Waals surface area contributed by atoms with Crippen LogP contribution in [0.2, 0.25) is 0 Å². The molecule has 0 amide bonds. The van der Waals surface area contributed by atoms with Gasteiger partial charge in [0.05, 0.1) is 0 Å². The molecule has 0 aromatic rings. The summed E-state index contributed by atoms with van der Waals surface area (Å²) in [6.45, 7) is 12.5. The summed E-state index contributed by atoms with van der Waals surface area (Å²) < 4.78 is 0. The van der Waals surface area contributed by atoms with Crippen molar-refractivity contribution >= 4 is 0 Å². The van der Waals surface area contributed by atoms with E-state index in [1.54, 1.807) is 0 Å². The van der Waals surface area contributed by atoms with Gasteiger partial charge in [-0.05, 0) is 36.5 Å². The van der Waals surface area contributed by atoms with E-state index in [1.165, 1.54) is 19.3 Å². The van der Waals surface area contributed by atoms with E-state index in [0.29, 0.717) is 5.41 Å². The highest BCUT2D eigenvalue weighted by Crippen LogP contribution is 2.61. The quantitative estimate of drug-likeness (QED) is 0.523. The van der Waals surface area contributed by atoms with Gasteiger partial charge < -0.3 is 4.85 Å². The number of nitrogens with zero attached hydrogens (tertiary/aromatic N) is 1. The maximum absolute atomic E-state index is 6.90. The smallest absolute Gasteiger partial charge is 0.217 e. The number of hydrogen-bond donors (Lipinski definition) is 0. The van der Waals surface area contributed by atoms with Crippen molar-refractivity contribution in [1.29, 1.82) is 0 Å². The van der Waals surface area contributed by atoms with Crippen LogP contribution in [0.4, 0.5) is 0 Å². The zero-order valence-electron chi connectivity index (χ0n) is 8.01. The second-order valence-electron chi connectivity index (χ2n) is 5.04. The maximum Gasteiger partial charge on any atom is 0.217 e. The lowest BCUT2D eigenvalue weighted by atomic mass is 9.45. The molecule has 3 fully saturated rings. The first kappa shape index (κ1) is 8.10. The van der Waals surface area contributed by atoms with E-state index in [-0.39, 0.29) is 0 Å². The van der Waals surface area contributed by atoms with Gasteiger partial charge in [-0.25, -0.2) is 6.57 Å². The molecule has 3 rings (SSSR count). The second kappa shape index (κ2) is 2.49. The van der Waals surface area contributed by atoms with Crippen LogP contribution in [0, 0.1) is 29.7 Å². The average molecular weight is 163 g/mol. The predicted molar refractivity (Wildman–Crippen MR) is 49.6 cm³/mol. The van der Waals surface area contributed by atoms with Crippen LogP contribution in [0.3, 0.4) is 0 Å². The third-order valence-corrected chi connectivity index (χ3v) is 4.33. The lowest BCUT2D eigenvalue weighted by Gasteiger charge is -2.59. The third kappa shape index (κ3) is 0.905. The molecule has 0 heterocycles. The summed E-state index contributed by atoms with van der Waals surface area (Å²) in [5.74, 6) is 2.57. The highest BCUT2D eigenvalue weighted by Gasteiger charge is 2.54. The molecule has 12 heavy (non-hydrogen) atoms. The SMILES string of the molecule is [C-]#[N+]C[C@H]1CC[C@@H]2C[C@H]1C2(C)C. The van der Waals surface area contributed by atoms with E-state index in [9.17, 15) is 0 Å². The van der Waals surface area contributed by atoms with Crippen LogP contribution >= 0.6 is 0 Å². The highest BCUT2D eigenvalue weighted by molar-refractivity contribution is 5.04. The fraction of sp³-hybridized carbons (Fsp3) is 0.909. The standard InChI is InChI=1S/C11H17N/c1-11(2)9-5-4-8(7-12-3)10(11)6-9/h8-10H,4-7H2,1-2H3/t8-,9-,10-/m1/s1. The van der Waals surface area contributed by atoms with Gasteiger partial charge in [-0.2, -0.15) is 0 Å². The molecule has 0 aromatic carbocycles. The van der Waals surface area contributed by atoms with Gasteiger partial charge in [0.1, 0.15) is 0 Å². The first-order valence-electron chi connectivity index (χ1n) is 4.99. The normalized spacial score (nSPS) is 42.9. The van der Waals surface area contributed by atoms with Gasteiger partial charge in [-0.1, -0.05) is 13.8 Å². The summed E-state index contributed by atoms with van der Waals surface area (Å²) in [4.78, 5) is 3.55. The number of fused-ring (bicyclic) bond motifs is 2. The van der Waals surface area contributed by atoms with E-state index in [2.05, 4.69) is 18.7 Å². The lowest BCUT2D eigenvalue weighted by molar-refractivity contribution is -0.0994. The summed E-state index contributed by atoms with van der Waals surface area (Å²) >= 11 is 0. The van der Waals surface area contributed by atoms with Crippen molar-refractivity contribution in [2.24, 2.45) is 23.2 Å². The minimum absolute atomic E-state index is 0.563. The Hall–Kier alpha value is -0.510. The fourth-order valence-electron chi connectivity index (χ4n) is 3.30. The monoisotopic (exact) mass is 163 g/mol. The summed E-state index contributed by atoms with van der Waals surface area (Å²) in [6.07, 6.45) is 4.11. The topological polar surface area (TPSA) is 4.36 Å². The molecule has 0 radical (unpaired) electrons. The molecular formula is C11H17N. The zero-order chi connectivity index (χ0) is 8.77. The Kier molecular flexibility index (Phi) is 1.68. The van der Waals surface area contributed by atoms with E-state index >= 15 is 0 Å². The van der Waals surface area contributed by atoms with Gasteiger partial charge in [-0.15, -0.1) is 0 Å². The molecular weight excluding hydrogens is 146 g/mol. The Morgan fingerprint density at radius 3 is 2.67 bits per heavy atom. The molecule has 0 spiro atoms. The number of rotatable bonds is 1. The summed E-state index contributed by atoms with van der Waals surface area (Å²) in [6, 6.07) is 0. The van der Waals surface area contributed by atoms with Crippen molar-refractivity contribution in [2.45, 2.75) is 33.1 Å². The van der Waals surface area contributed by atoms with E-state index in [4.69, 9.17) is 6.57 Å². The van der Waals surface area contributed by atoms with Gasteiger partial charge in [0.15, 0.2) is 0 Å². The Morgan fingerprint density at radius 1 is 1.42 bits per heavy atom. The van der Waals surface area contributed by atoms with Crippen LogP contribution in [0.1, 0.15) is 33.1 Å². The number of hydrogen-bond acceptors (Lipinski definition) is 0. The van der Waals surface area contributed by atoms with E-state index < -0.39 is 0 Å². The molecule has 1 heteroatoms. The average Bonchev–Trinajstić information content (AvgIpc) is 2.05. The molecule has 0 unspecified atom stereocenters. The minimum atomic E-state index is 0.563. The molecule has 3 atom stereocenters. The molecule has 66 valence electrons. The zero-order valence-corrected chi connectivity index (χ0v) is 8.01. The molecule has 0 N–H and O–H groups in total. The van der Waals surface area contributed by atoms with Gasteiger partial charge in [0.25, 0.3) is 0 Å². The molecule has 1 nitrogen and oxygen atoms in total. The van der Waals surface area contributed by atoms with Crippen LogP contribution < -0.4 is 0 Å². The van der Waals surface area contributed by atoms with Crippen LogP contribution in [-0.2, 0) is 0 Å². The van der Waals surface area contributed by atoms with Crippen molar-refractivity contribution in [1.82, 2.24) is 0 Å². The molecule has 3 aliphatic rings. The van der Waals surface area contributed by atoms with Crippen molar-refractivity contribution in [3.05, 3.63) is 11.4 Å². The maximum atomic E-state index is 6.90. The molecule has 0 aliphatic heterocycles. The second-order valence-corrected chi connectivity index (χ2v) is 5.04. The molecule has 3 aliphatic carbocycles. The Balaban J connectivity index is 2.07. The lowest BCUT2D eigenvalue weighted by Crippen LogP contribution is -2.52. The van der Waals surface area contributed by atoms with Crippen molar-refractivity contribution in [3.8, 4) is 0 Å². The Bertz CT molecular complexity index is 222. The van der Waals surface area contributed by atoms with Crippen LogP contribution in [0.15, 0.2) is 0 Å². The van der Waals surface area contributed by atoms with Crippen LogP contribution in [0.5, 0.6) is 0 Å². The van der Waals surface area contributed by atoms with Gasteiger partial charge in [0, 0.05) is 5.92 Å². The van der Waals surface area contributed by atoms with Gasteiger partial charge in [-0.3, -0.25) is 0 Å². The highest BCUT2D eigenvalue weighted by atomic mass is 14.7. The first-order valence-corrected chi connectivity index (χ1v) is 4.99. The summed E-state index contributed by atoms with van der Waals surface area (Å²) in [5, 5.41) is 0. The van der Waals surface area contributed by atoms with E-state index in [0.717, 1.165) is 24.3 Å². The predicted octanol–water partition coefficient (Wildman–Crippen LogP) is 2.98. The van der Waals surface area contributed by atoms with Crippen molar-refractivity contribution in [3.63, 3.8) is 0 Å². The largest absolute Gasteiger partial charge is 0.317 e. The minimum Gasteiger partial charge on any atom is -0.317 e. The fourth-order valence-corrected chi connectivity index (χ4v) is 3.30. The Morgan fingerprint density at radius 2 is 2.17 bits per heavy atom. The summed E-state index contributed by atoms with van der Waals surface area (Å²) in [7, 11) is 0. The first-order chi connectivity index (χ1) is 5.66. The van der Waals surface area contributed by atoms with E-state index in [1.807, 2.05) is 0 Å². The summed E-state index contributed by atoms with van der Waals surface area (Å²) in [5.41, 5.74) is 0.563. The molecule has 2 bridgehead atoms. The van der Waals surface area contributed by atoms with Gasteiger partial charge >= 0.3 is 0 Å². The van der Waals surface area contributed by atoms with Crippen molar-refractivity contribution < 1.29 is 0 Å². The Labute approximate surface area is 75.0 Å². The molecule has 3 saturated carbocycles. The van der Waals surface area contributed by atoms with Crippen LogP contribution in [-0.4, -0.2) is 6.54 Å². The van der Waals surface area contributed by atoms with Crippen molar-refractivity contribution in [2.75, 3.05) is 6.54 Å². The third-order valence-electron chi connectivity index (χ3n) is 4.33.